The first-order valence-corrected chi connectivity index (χ1v) is 10.4. The molecule has 3 rings (SSSR count). The lowest BCUT2D eigenvalue weighted by Crippen LogP contribution is -2.19. The van der Waals surface area contributed by atoms with E-state index in [2.05, 4.69) is 10.6 Å². The summed E-state index contributed by atoms with van der Waals surface area (Å²) in [5.74, 6) is -0.684. The van der Waals surface area contributed by atoms with Crippen molar-refractivity contribution < 1.29 is 27.2 Å². The van der Waals surface area contributed by atoms with Crippen LogP contribution in [0.4, 0.5) is 24.5 Å². The fourth-order valence-electron chi connectivity index (χ4n) is 2.82. The smallest absolute Gasteiger partial charge is 0.418 e. The molecule has 9 heteroatoms. The molecule has 0 unspecified atom stereocenters. The van der Waals surface area contributed by atoms with E-state index in [1.807, 2.05) is 31.2 Å². The van der Waals surface area contributed by atoms with Gasteiger partial charge >= 0.3 is 6.18 Å². The first kappa shape index (κ1) is 22.5. The van der Waals surface area contributed by atoms with Gasteiger partial charge in [0.25, 0.3) is 5.91 Å². The quantitative estimate of drug-likeness (QED) is 0.484. The number of amides is 2. The lowest BCUT2D eigenvalue weighted by atomic mass is 10.1. The lowest BCUT2D eigenvalue weighted by molar-refractivity contribution is -0.136. The number of hydrogen-bond acceptors (Lipinski definition) is 4. The Bertz CT molecular complexity index is 1070. The number of furan rings is 1. The molecule has 0 saturated carbocycles. The monoisotopic (exact) mass is 448 g/mol. The van der Waals surface area contributed by atoms with E-state index in [0.29, 0.717) is 5.75 Å². The molecular weight excluding hydrogens is 429 g/mol. The van der Waals surface area contributed by atoms with Gasteiger partial charge in [-0.3, -0.25) is 9.59 Å². The Morgan fingerprint density at radius 1 is 1.03 bits per heavy atom. The van der Waals surface area contributed by atoms with Crippen LogP contribution in [0.2, 0.25) is 0 Å². The minimum atomic E-state index is -4.72. The van der Waals surface area contributed by atoms with E-state index in [-0.39, 0.29) is 22.9 Å². The molecule has 162 valence electrons. The van der Waals surface area contributed by atoms with Crippen molar-refractivity contribution in [3.05, 3.63) is 83.3 Å². The van der Waals surface area contributed by atoms with E-state index in [1.165, 1.54) is 36.2 Å². The Morgan fingerprint density at radius 2 is 1.84 bits per heavy atom. The van der Waals surface area contributed by atoms with Crippen molar-refractivity contribution in [3.63, 3.8) is 0 Å². The van der Waals surface area contributed by atoms with Crippen LogP contribution in [0.15, 0.2) is 65.3 Å². The molecule has 31 heavy (non-hydrogen) atoms. The summed E-state index contributed by atoms with van der Waals surface area (Å²) in [6, 6.07) is 13.8. The van der Waals surface area contributed by atoms with Gasteiger partial charge in [0.1, 0.15) is 0 Å². The van der Waals surface area contributed by atoms with E-state index in [9.17, 15) is 22.8 Å². The first-order chi connectivity index (χ1) is 14.7. The molecule has 0 aliphatic carbocycles. The summed E-state index contributed by atoms with van der Waals surface area (Å²) in [6.07, 6.45) is -3.44. The third-order valence-electron chi connectivity index (χ3n) is 4.19. The van der Waals surface area contributed by atoms with Crippen molar-refractivity contribution in [2.24, 2.45) is 0 Å². The van der Waals surface area contributed by atoms with E-state index < -0.39 is 23.6 Å². The van der Waals surface area contributed by atoms with Crippen molar-refractivity contribution in [1.29, 1.82) is 0 Å². The highest BCUT2D eigenvalue weighted by atomic mass is 32.2. The molecule has 2 aromatic carbocycles. The number of hydrogen-bond donors (Lipinski definition) is 2. The maximum Gasteiger partial charge on any atom is 0.418 e. The number of alkyl halides is 3. The molecule has 0 aliphatic heterocycles. The zero-order chi connectivity index (χ0) is 22.4. The normalized spacial score (nSPS) is 11.2. The molecule has 2 amide bonds. The fraction of sp³-hybridized carbons (Fsp3) is 0.182. The number of anilines is 2. The minimum absolute atomic E-state index is 0.00220. The van der Waals surface area contributed by atoms with Crippen LogP contribution in [0.1, 0.15) is 27.2 Å². The second-order valence-corrected chi connectivity index (χ2v) is 7.71. The van der Waals surface area contributed by atoms with Crippen LogP contribution in [0.5, 0.6) is 0 Å². The lowest BCUT2D eigenvalue weighted by Gasteiger charge is -2.15. The highest BCUT2D eigenvalue weighted by Crippen LogP contribution is 2.36. The third kappa shape index (κ3) is 6.39. The van der Waals surface area contributed by atoms with Gasteiger partial charge in [0.2, 0.25) is 5.91 Å². The SMILES string of the molecule is Cc1cccc(CSCC(=O)Nc2ccc(NC(=O)c3ccco3)cc2C(F)(F)F)c1. The zero-order valence-corrected chi connectivity index (χ0v) is 17.3. The molecular formula is C22H19F3N2O3S. The maximum absolute atomic E-state index is 13.5. The molecule has 5 nitrogen and oxygen atoms in total. The first-order valence-electron chi connectivity index (χ1n) is 9.21. The van der Waals surface area contributed by atoms with Gasteiger partial charge in [0.15, 0.2) is 5.76 Å². The van der Waals surface area contributed by atoms with Gasteiger partial charge in [-0.1, -0.05) is 29.8 Å². The number of carbonyl (C=O) groups is 2. The second kappa shape index (κ2) is 9.74. The summed E-state index contributed by atoms with van der Waals surface area (Å²) in [7, 11) is 0. The summed E-state index contributed by atoms with van der Waals surface area (Å²) < 4.78 is 45.5. The average Bonchev–Trinajstić information content (AvgIpc) is 3.23. The van der Waals surface area contributed by atoms with Crippen molar-refractivity contribution in [3.8, 4) is 0 Å². The Hall–Kier alpha value is -3.20. The highest BCUT2D eigenvalue weighted by molar-refractivity contribution is 7.99. The summed E-state index contributed by atoms with van der Waals surface area (Å²) >= 11 is 1.31. The molecule has 2 N–H and O–H groups in total. The number of thioether (sulfide) groups is 1. The summed E-state index contributed by atoms with van der Waals surface area (Å²) in [5.41, 5.74) is 0.633. The molecule has 1 heterocycles. The topological polar surface area (TPSA) is 71.3 Å². The number of nitrogens with one attached hydrogen (secondary N) is 2. The fourth-order valence-corrected chi connectivity index (χ4v) is 3.59. The van der Waals surface area contributed by atoms with E-state index in [4.69, 9.17) is 4.42 Å². The molecule has 0 fully saturated rings. The van der Waals surface area contributed by atoms with Crippen molar-refractivity contribution in [1.82, 2.24) is 0 Å². The maximum atomic E-state index is 13.5. The number of carbonyl (C=O) groups excluding carboxylic acids is 2. The molecule has 1 aromatic heterocycles. The van der Waals surface area contributed by atoms with Gasteiger partial charge in [0, 0.05) is 11.4 Å². The number of aryl methyl sites for hydroxylation is 1. The number of benzene rings is 2. The molecule has 0 atom stereocenters. The summed E-state index contributed by atoms with van der Waals surface area (Å²) in [5, 5.41) is 4.66. The molecule has 0 saturated heterocycles. The Labute approximate surface area is 181 Å². The van der Waals surface area contributed by atoms with Gasteiger partial charge in [-0.15, -0.1) is 11.8 Å². The van der Waals surface area contributed by atoms with Crippen LogP contribution in [0, 0.1) is 6.92 Å². The molecule has 0 aliphatic rings. The van der Waals surface area contributed by atoms with Gasteiger partial charge in [-0.2, -0.15) is 13.2 Å². The molecule has 3 aromatic rings. The van der Waals surface area contributed by atoms with Gasteiger partial charge in [-0.05, 0) is 42.8 Å². The standard InChI is InChI=1S/C22H19F3N2O3S/c1-14-4-2-5-15(10-14)12-31-13-20(28)27-18-8-7-16(11-17(18)22(23,24)25)26-21(29)19-6-3-9-30-19/h2-11H,12-13H2,1H3,(H,26,29)(H,27,28). The third-order valence-corrected chi connectivity index (χ3v) is 5.19. The Morgan fingerprint density at radius 3 is 2.52 bits per heavy atom. The summed E-state index contributed by atoms with van der Waals surface area (Å²) in [4.78, 5) is 24.2. The van der Waals surface area contributed by atoms with E-state index >= 15 is 0 Å². The highest BCUT2D eigenvalue weighted by Gasteiger charge is 2.34. The summed E-state index contributed by atoms with van der Waals surface area (Å²) in [6.45, 7) is 1.96. The second-order valence-electron chi connectivity index (χ2n) is 6.72. The molecule has 0 spiro atoms. The van der Waals surface area contributed by atoms with Gasteiger partial charge < -0.3 is 15.1 Å². The van der Waals surface area contributed by atoms with Crippen molar-refractivity contribution in [2.75, 3.05) is 16.4 Å². The van der Waals surface area contributed by atoms with Crippen LogP contribution in [0.3, 0.4) is 0 Å². The van der Waals surface area contributed by atoms with Crippen LogP contribution in [0.25, 0.3) is 0 Å². The van der Waals surface area contributed by atoms with Gasteiger partial charge in [0.05, 0.1) is 23.3 Å². The Kier molecular flexibility index (Phi) is 7.06. The van der Waals surface area contributed by atoms with Crippen LogP contribution in [-0.4, -0.2) is 17.6 Å². The van der Waals surface area contributed by atoms with Crippen LogP contribution in [-0.2, 0) is 16.7 Å². The van der Waals surface area contributed by atoms with Crippen molar-refractivity contribution in [2.45, 2.75) is 18.9 Å². The molecule has 0 radical (unpaired) electrons. The largest absolute Gasteiger partial charge is 0.459 e. The molecule has 0 bridgehead atoms. The van der Waals surface area contributed by atoms with Crippen LogP contribution < -0.4 is 10.6 Å². The predicted molar refractivity (Wildman–Crippen MR) is 114 cm³/mol. The van der Waals surface area contributed by atoms with E-state index in [1.54, 1.807) is 0 Å². The predicted octanol–water partition coefficient (Wildman–Crippen LogP) is 5.73. The Balaban J connectivity index is 1.65. The number of rotatable bonds is 7. The van der Waals surface area contributed by atoms with Gasteiger partial charge in [-0.25, -0.2) is 0 Å². The zero-order valence-electron chi connectivity index (χ0n) is 16.5. The minimum Gasteiger partial charge on any atom is -0.459 e. The average molecular weight is 448 g/mol. The number of halogens is 3. The van der Waals surface area contributed by atoms with Crippen LogP contribution >= 0.6 is 11.8 Å². The van der Waals surface area contributed by atoms with Crippen molar-refractivity contribution >= 4 is 35.0 Å². The van der Waals surface area contributed by atoms with E-state index in [0.717, 1.165) is 23.3 Å².